The second kappa shape index (κ2) is 4.45. The summed E-state index contributed by atoms with van der Waals surface area (Å²) in [5.41, 5.74) is 2.20. The molecule has 0 spiro atoms. The molecule has 1 N–H and O–H groups in total. The van der Waals surface area contributed by atoms with E-state index in [1.807, 2.05) is 31.2 Å². The molecule has 0 saturated carbocycles. The van der Waals surface area contributed by atoms with Crippen molar-refractivity contribution in [3.63, 3.8) is 0 Å². The summed E-state index contributed by atoms with van der Waals surface area (Å²) < 4.78 is 0. The number of hydrogen-bond acceptors (Lipinski definition) is 1. The van der Waals surface area contributed by atoms with E-state index in [0.29, 0.717) is 0 Å². The molecule has 0 saturated heterocycles. The fraction of sp³-hybridized carbons (Fsp3) is 0.273. The molecule has 1 nitrogen and oxygen atoms in total. The lowest BCUT2D eigenvalue weighted by Gasteiger charge is -2.01. The molecule has 0 amide bonds. The van der Waals surface area contributed by atoms with Crippen LogP contribution in [0, 0.1) is 6.92 Å². The highest BCUT2D eigenvalue weighted by Crippen LogP contribution is 2.16. The SMILES string of the molecule is Cc1cc(Cl)ccc1/C=C/C(C)O. The maximum absolute atomic E-state index is 9.05. The molecule has 1 aromatic carbocycles. The first-order valence-electron chi connectivity index (χ1n) is 4.22. The molecule has 0 aromatic heterocycles. The Bertz CT molecular complexity index is 316. The van der Waals surface area contributed by atoms with Gasteiger partial charge in [-0.05, 0) is 37.1 Å². The number of benzene rings is 1. The van der Waals surface area contributed by atoms with Gasteiger partial charge < -0.3 is 5.11 Å². The molecule has 13 heavy (non-hydrogen) atoms. The summed E-state index contributed by atoms with van der Waals surface area (Å²) in [6, 6.07) is 5.69. The van der Waals surface area contributed by atoms with E-state index in [0.717, 1.165) is 16.1 Å². The first-order valence-corrected chi connectivity index (χ1v) is 4.60. The molecule has 2 heteroatoms. The van der Waals surface area contributed by atoms with Gasteiger partial charge in [0.25, 0.3) is 0 Å². The Labute approximate surface area is 83.7 Å². The van der Waals surface area contributed by atoms with Crippen LogP contribution in [-0.2, 0) is 0 Å². The van der Waals surface area contributed by atoms with E-state index < -0.39 is 6.10 Å². The van der Waals surface area contributed by atoms with Crippen molar-refractivity contribution in [2.45, 2.75) is 20.0 Å². The summed E-state index contributed by atoms with van der Waals surface area (Å²) in [4.78, 5) is 0. The Hall–Kier alpha value is -0.790. The van der Waals surface area contributed by atoms with Crippen LogP contribution in [0.2, 0.25) is 5.02 Å². The maximum atomic E-state index is 9.05. The Morgan fingerprint density at radius 3 is 2.69 bits per heavy atom. The Kier molecular flexibility index (Phi) is 3.52. The van der Waals surface area contributed by atoms with Crippen LogP contribution in [0.1, 0.15) is 18.1 Å². The molecule has 0 radical (unpaired) electrons. The molecular formula is C11H13ClO. The molecule has 1 unspecified atom stereocenters. The third-order valence-corrected chi connectivity index (χ3v) is 2.02. The van der Waals surface area contributed by atoms with E-state index in [4.69, 9.17) is 16.7 Å². The van der Waals surface area contributed by atoms with Crippen LogP contribution in [-0.4, -0.2) is 11.2 Å². The predicted octanol–water partition coefficient (Wildman–Crippen LogP) is 3.04. The van der Waals surface area contributed by atoms with Crippen molar-refractivity contribution in [2.75, 3.05) is 0 Å². The molecule has 0 aliphatic heterocycles. The second-order valence-electron chi connectivity index (χ2n) is 3.10. The minimum atomic E-state index is -0.407. The number of halogens is 1. The molecule has 0 fully saturated rings. The van der Waals surface area contributed by atoms with Crippen LogP contribution in [0.25, 0.3) is 6.08 Å². The number of aliphatic hydroxyl groups is 1. The largest absolute Gasteiger partial charge is 0.389 e. The molecule has 1 rings (SSSR count). The number of aryl methyl sites for hydroxylation is 1. The predicted molar refractivity (Wildman–Crippen MR) is 56.9 cm³/mol. The fourth-order valence-corrected chi connectivity index (χ4v) is 1.30. The first-order chi connectivity index (χ1) is 6.09. The quantitative estimate of drug-likeness (QED) is 0.771. The normalized spacial score (nSPS) is 13.5. The van der Waals surface area contributed by atoms with E-state index in [9.17, 15) is 0 Å². The van der Waals surface area contributed by atoms with E-state index in [1.165, 1.54) is 0 Å². The highest BCUT2D eigenvalue weighted by Gasteiger charge is 1.95. The van der Waals surface area contributed by atoms with Crippen molar-refractivity contribution in [3.8, 4) is 0 Å². The number of aliphatic hydroxyl groups excluding tert-OH is 1. The van der Waals surface area contributed by atoms with Crippen LogP contribution in [0.4, 0.5) is 0 Å². The lowest BCUT2D eigenvalue weighted by molar-refractivity contribution is 0.245. The van der Waals surface area contributed by atoms with E-state index in [-0.39, 0.29) is 0 Å². The average molecular weight is 197 g/mol. The molecule has 0 heterocycles. The van der Waals surface area contributed by atoms with Crippen LogP contribution in [0.3, 0.4) is 0 Å². The Balaban J connectivity index is 2.90. The number of hydrogen-bond donors (Lipinski definition) is 1. The summed E-state index contributed by atoms with van der Waals surface area (Å²) >= 11 is 5.81. The zero-order valence-electron chi connectivity index (χ0n) is 7.79. The smallest absolute Gasteiger partial charge is 0.0696 e. The van der Waals surface area contributed by atoms with Crippen LogP contribution < -0.4 is 0 Å². The van der Waals surface area contributed by atoms with Gasteiger partial charge in [-0.15, -0.1) is 0 Å². The van der Waals surface area contributed by atoms with Crippen molar-refractivity contribution in [1.82, 2.24) is 0 Å². The van der Waals surface area contributed by atoms with Gasteiger partial charge in [-0.3, -0.25) is 0 Å². The topological polar surface area (TPSA) is 20.2 Å². The van der Waals surface area contributed by atoms with Gasteiger partial charge in [-0.25, -0.2) is 0 Å². The lowest BCUT2D eigenvalue weighted by atomic mass is 10.1. The van der Waals surface area contributed by atoms with Crippen LogP contribution >= 0.6 is 11.6 Å². The first kappa shape index (κ1) is 10.3. The molecule has 0 aliphatic carbocycles. The fourth-order valence-electron chi connectivity index (χ4n) is 1.07. The Morgan fingerprint density at radius 1 is 1.46 bits per heavy atom. The van der Waals surface area contributed by atoms with Crippen molar-refractivity contribution in [2.24, 2.45) is 0 Å². The van der Waals surface area contributed by atoms with Crippen molar-refractivity contribution < 1.29 is 5.11 Å². The van der Waals surface area contributed by atoms with Crippen LogP contribution in [0.5, 0.6) is 0 Å². The minimum Gasteiger partial charge on any atom is -0.389 e. The monoisotopic (exact) mass is 196 g/mol. The zero-order valence-corrected chi connectivity index (χ0v) is 8.55. The second-order valence-corrected chi connectivity index (χ2v) is 3.54. The molecular weight excluding hydrogens is 184 g/mol. The highest BCUT2D eigenvalue weighted by atomic mass is 35.5. The summed E-state index contributed by atoms with van der Waals surface area (Å²) in [5.74, 6) is 0. The van der Waals surface area contributed by atoms with E-state index in [2.05, 4.69) is 0 Å². The summed E-state index contributed by atoms with van der Waals surface area (Å²) in [6.07, 6.45) is 3.24. The van der Waals surface area contributed by atoms with Gasteiger partial charge >= 0.3 is 0 Å². The molecule has 0 bridgehead atoms. The van der Waals surface area contributed by atoms with E-state index in [1.54, 1.807) is 13.0 Å². The van der Waals surface area contributed by atoms with Crippen molar-refractivity contribution in [3.05, 3.63) is 40.4 Å². The van der Waals surface area contributed by atoms with Gasteiger partial charge in [-0.2, -0.15) is 0 Å². The molecule has 1 atom stereocenters. The van der Waals surface area contributed by atoms with E-state index >= 15 is 0 Å². The third kappa shape index (κ3) is 3.21. The lowest BCUT2D eigenvalue weighted by Crippen LogP contribution is -1.91. The van der Waals surface area contributed by atoms with Crippen molar-refractivity contribution >= 4 is 17.7 Å². The van der Waals surface area contributed by atoms with Gasteiger partial charge in [-0.1, -0.05) is 29.8 Å². The standard InChI is InChI=1S/C11H13ClO/c1-8-7-11(12)6-5-10(8)4-3-9(2)13/h3-7,9,13H,1-2H3/b4-3+. The van der Waals surface area contributed by atoms with Gasteiger partial charge in [0.1, 0.15) is 0 Å². The third-order valence-electron chi connectivity index (χ3n) is 1.79. The molecule has 70 valence electrons. The summed E-state index contributed by atoms with van der Waals surface area (Å²) in [5, 5.41) is 9.79. The maximum Gasteiger partial charge on any atom is 0.0696 e. The van der Waals surface area contributed by atoms with Gasteiger partial charge in [0.15, 0.2) is 0 Å². The zero-order chi connectivity index (χ0) is 9.84. The summed E-state index contributed by atoms with van der Waals surface area (Å²) in [7, 11) is 0. The highest BCUT2D eigenvalue weighted by molar-refractivity contribution is 6.30. The molecule has 1 aromatic rings. The molecule has 0 aliphatic rings. The minimum absolute atomic E-state index is 0.407. The van der Waals surface area contributed by atoms with Crippen LogP contribution in [0.15, 0.2) is 24.3 Å². The average Bonchev–Trinajstić information content (AvgIpc) is 2.02. The van der Waals surface area contributed by atoms with Crippen molar-refractivity contribution in [1.29, 1.82) is 0 Å². The Morgan fingerprint density at radius 2 is 2.15 bits per heavy atom. The number of rotatable bonds is 2. The van der Waals surface area contributed by atoms with Gasteiger partial charge in [0.05, 0.1) is 6.10 Å². The van der Waals surface area contributed by atoms with Gasteiger partial charge in [0.2, 0.25) is 0 Å². The summed E-state index contributed by atoms with van der Waals surface area (Å²) in [6.45, 7) is 3.72. The van der Waals surface area contributed by atoms with Gasteiger partial charge in [0, 0.05) is 5.02 Å².